The molecule has 1 aliphatic rings. The number of carboxylic acid groups (broad SMARTS) is 1. The summed E-state index contributed by atoms with van der Waals surface area (Å²) in [6, 6.07) is 7.33. The van der Waals surface area contributed by atoms with Gasteiger partial charge in [-0.2, -0.15) is 5.10 Å². The van der Waals surface area contributed by atoms with E-state index in [0.29, 0.717) is 24.4 Å². The average Bonchev–Trinajstić information content (AvgIpc) is 3.19. The summed E-state index contributed by atoms with van der Waals surface area (Å²) in [6.07, 6.45) is 4.79. The van der Waals surface area contributed by atoms with Gasteiger partial charge in [0, 0.05) is 18.3 Å². The standard InChI is InChI=1S/C19H22N4O5/c1-2-13-6-9-19(10-7-13,18(25)26)20-17(24)16-8-11-22(21-16)14-4-3-5-15(12-14)23(27)28/h3-5,8,11-13H,2,6-7,9-10H2,1H3,(H,20,24)(H,25,26). The summed E-state index contributed by atoms with van der Waals surface area (Å²) in [5.74, 6) is -1.12. The molecule has 1 fully saturated rings. The molecule has 0 radical (unpaired) electrons. The molecule has 0 spiro atoms. The Hall–Kier alpha value is -3.23. The van der Waals surface area contributed by atoms with Crippen LogP contribution in [-0.4, -0.2) is 37.2 Å². The Labute approximate surface area is 161 Å². The summed E-state index contributed by atoms with van der Waals surface area (Å²) in [5, 5.41) is 27.4. The molecule has 0 bridgehead atoms. The van der Waals surface area contributed by atoms with Gasteiger partial charge < -0.3 is 10.4 Å². The normalized spacial score (nSPS) is 21.8. The number of hydrogen-bond donors (Lipinski definition) is 2. The van der Waals surface area contributed by atoms with Gasteiger partial charge in [0.2, 0.25) is 0 Å². The molecule has 1 aromatic heterocycles. The Morgan fingerprint density at radius 1 is 1.36 bits per heavy atom. The van der Waals surface area contributed by atoms with Crippen molar-refractivity contribution < 1.29 is 19.6 Å². The van der Waals surface area contributed by atoms with Crippen LogP contribution in [0.4, 0.5) is 5.69 Å². The third-order valence-electron chi connectivity index (χ3n) is 5.43. The summed E-state index contributed by atoms with van der Waals surface area (Å²) < 4.78 is 1.35. The van der Waals surface area contributed by atoms with E-state index >= 15 is 0 Å². The molecule has 2 aromatic rings. The summed E-state index contributed by atoms with van der Waals surface area (Å²) in [5.41, 5.74) is -0.871. The topological polar surface area (TPSA) is 127 Å². The van der Waals surface area contributed by atoms with Crippen LogP contribution in [0.3, 0.4) is 0 Å². The zero-order valence-corrected chi connectivity index (χ0v) is 15.5. The van der Waals surface area contributed by atoms with Gasteiger partial charge >= 0.3 is 5.97 Å². The summed E-state index contributed by atoms with van der Waals surface area (Å²) in [6.45, 7) is 2.08. The maximum Gasteiger partial charge on any atom is 0.329 e. The monoisotopic (exact) mass is 386 g/mol. The molecule has 148 valence electrons. The van der Waals surface area contributed by atoms with Gasteiger partial charge in [-0.15, -0.1) is 0 Å². The maximum absolute atomic E-state index is 12.6. The number of nitrogens with zero attached hydrogens (tertiary/aromatic N) is 3. The lowest BCUT2D eigenvalue weighted by molar-refractivity contribution is -0.384. The van der Waals surface area contributed by atoms with Crippen molar-refractivity contribution in [1.82, 2.24) is 15.1 Å². The highest BCUT2D eigenvalue weighted by Gasteiger charge is 2.43. The van der Waals surface area contributed by atoms with E-state index in [2.05, 4.69) is 17.3 Å². The molecule has 0 saturated heterocycles. The van der Waals surface area contributed by atoms with Crippen molar-refractivity contribution in [3.8, 4) is 5.69 Å². The van der Waals surface area contributed by atoms with Gasteiger partial charge in [-0.25, -0.2) is 9.48 Å². The first-order valence-electron chi connectivity index (χ1n) is 9.21. The number of nitro groups is 1. The largest absolute Gasteiger partial charge is 0.480 e. The number of carbonyl (C=O) groups excluding carboxylic acids is 1. The first-order valence-corrected chi connectivity index (χ1v) is 9.21. The molecule has 0 atom stereocenters. The highest BCUT2D eigenvalue weighted by molar-refractivity contribution is 5.96. The van der Waals surface area contributed by atoms with Crippen LogP contribution in [0, 0.1) is 16.0 Å². The van der Waals surface area contributed by atoms with E-state index in [4.69, 9.17) is 0 Å². The average molecular weight is 386 g/mol. The molecule has 3 rings (SSSR count). The van der Waals surface area contributed by atoms with Crippen molar-refractivity contribution in [2.75, 3.05) is 0 Å². The van der Waals surface area contributed by atoms with Crippen LogP contribution < -0.4 is 5.32 Å². The summed E-state index contributed by atoms with van der Waals surface area (Å²) in [7, 11) is 0. The lowest BCUT2D eigenvalue weighted by Gasteiger charge is -2.37. The van der Waals surface area contributed by atoms with Crippen LogP contribution in [0.15, 0.2) is 36.5 Å². The zero-order chi connectivity index (χ0) is 20.3. The molecular weight excluding hydrogens is 364 g/mol. The molecule has 1 saturated carbocycles. The van der Waals surface area contributed by atoms with Crippen LogP contribution in [0.25, 0.3) is 5.69 Å². The minimum atomic E-state index is -1.28. The van der Waals surface area contributed by atoms with Crippen molar-refractivity contribution in [2.24, 2.45) is 5.92 Å². The van der Waals surface area contributed by atoms with Gasteiger partial charge in [0.1, 0.15) is 5.54 Å². The Balaban J connectivity index is 1.77. The molecule has 9 nitrogen and oxygen atoms in total. The molecule has 1 aliphatic carbocycles. The Morgan fingerprint density at radius 3 is 2.68 bits per heavy atom. The van der Waals surface area contributed by atoms with Crippen LogP contribution >= 0.6 is 0 Å². The predicted molar refractivity (Wildman–Crippen MR) is 100 cm³/mol. The van der Waals surface area contributed by atoms with Crippen LogP contribution in [0.2, 0.25) is 0 Å². The van der Waals surface area contributed by atoms with E-state index in [9.17, 15) is 24.8 Å². The van der Waals surface area contributed by atoms with Crippen LogP contribution in [-0.2, 0) is 4.79 Å². The second-order valence-corrected chi connectivity index (χ2v) is 7.12. The van der Waals surface area contributed by atoms with Crippen molar-refractivity contribution in [2.45, 2.75) is 44.6 Å². The highest BCUT2D eigenvalue weighted by Crippen LogP contribution is 2.34. The number of benzene rings is 1. The van der Waals surface area contributed by atoms with Crippen molar-refractivity contribution in [3.05, 3.63) is 52.3 Å². The van der Waals surface area contributed by atoms with Crippen LogP contribution in [0.1, 0.15) is 49.5 Å². The van der Waals surface area contributed by atoms with E-state index in [0.717, 1.165) is 19.3 Å². The van der Waals surface area contributed by atoms with E-state index in [-0.39, 0.29) is 11.4 Å². The molecule has 0 aliphatic heterocycles. The second-order valence-electron chi connectivity index (χ2n) is 7.12. The SMILES string of the molecule is CCC1CCC(NC(=O)c2ccn(-c3cccc([N+](=O)[O-])c3)n2)(C(=O)O)CC1. The fraction of sp³-hybridized carbons (Fsp3) is 0.421. The third-order valence-corrected chi connectivity index (χ3v) is 5.43. The first kappa shape index (κ1) is 19.5. The van der Waals surface area contributed by atoms with Gasteiger partial charge in [-0.1, -0.05) is 19.4 Å². The fourth-order valence-electron chi connectivity index (χ4n) is 3.59. The fourth-order valence-corrected chi connectivity index (χ4v) is 3.59. The molecular formula is C19H22N4O5. The molecule has 1 amide bonds. The minimum Gasteiger partial charge on any atom is -0.480 e. The predicted octanol–water partition coefficient (Wildman–Crippen LogP) is 2.93. The number of aliphatic carboxylic acids is 1. The third kappa shape index (κ3) is 3.88. The number of nitro benzene ring substituents is 1. The van der Waals surface area contributed by atoms with Crippen molar-refractivity contribution >= 4 is 17.6 Å². The quantitative estimate of drug-likeness (QED) is 0.580. The van der Waals surface area contributed by atoms with Gasteiger partial charge in [-0.3, -0.25) is 14.9 Å². The van der Waals surface area contributed by atoms with Gasteiger partial charge in [0.25, 0.3) is 11.6 Å². The number of carboxylic acids is 1. The number of nitrogens with one attached hydrogen (secondary N) is 1. The van der Waals surface area contributed by atoms with E-state index in [1.54, 1.807) is 6.07 Å². The molecule has 0 unspecified atom stereocenters. The highest BCUT2D eigenvalue weighted by atomic mass is 16.6. The van der Waals surface area contributed by atoms with Crippen molar-refractivity contribution in [3.63, 3.8) is 0 Å². The second kappa shape index (κ2) is 7.79. The Kier molecular flexibility index (Phi) is 5.43. The van der Waals surface area contributed by atoms with E-state index < -0.39 is 22.3 Å². The molecule has 1 aromatic carbocycles. The summed E-state index contributed by atoms with van der Waals surface area (Å²) in [4.78, 5) is 34.9. The van der Waals surface area contributed by atoms with E-state index in [1.165, 1.54) is 35.1 Å². The number of carbonyl (C=O) groups is 2. The Morgan fingerprint density at radius 2 is 2.07 bits per heavy atom. The molecule has 9 heteroatoms. The number of rotatable bonds is 6. The lowest BCUT2D eigenvalue weighted by atomic mass is 9.75. The first-order chi connectivity index (χ1) is 13.3. The maximum atomic E-state index is 12.6. The van der Waals surface area contributed by atoms with Gasteiger partial charge in [0.05, 0.1) is 10.6 Å². The minimum absolute atomic E-state index is 0.0600. The zero-order valence-electron chi connectivity index (χ0n) is 15.5. The molecule has 28 heavy (non-hydrogen) atoms. The number of amides is 1. The molecule has 2 N–H and O–H groups in total. The Bertz CT molecular complexity index is 899. The number of hydrogen-bond acceptors (Lipinski definition) is 5. The van der Waals surface area contributed by atoms with Gasteiger partial charge in [0.15, 0.2) is 5.69 Å². The van der Waals surface area contributed by atoms with Crippen LogP contribution in [0.5, 0.6) is 0 Å². The van der Waals surface area contributed by atoms with Gasteiger partial charge in [-0.05, 0) is 43.7 Å². The van der Waals surface area contributed by atoms with Crippen molar-refractivity contribution in [1.29, 1.82) is 0 Å². The summed E-state index contributed by atoms with van der Waals surface area (Å²) >= 11 is 0. The molecule has 1 heterocycles. The van der Waals surface area contributed by atoms with E-state index in [1.807, 2.05) is 0 Å². The lowest BCUT2D eigenvalue weighted by Crippen LogP contribution is -2.56. The number of aromatic nitrogens is 2. The number of non-ortho nitro benzene ring substituents is 1. The smallest absolute Gasteiger partial charge is 0.329 e.